The zero-order valence-corrected chi connectivity index (χ0v) is 23.4. The molecule has 1 unspecified atom stereocenters. The number of aliphatic hydroxyl groups is 2. The van der Waals surface area contributed by atoms with Crippen molar-refractivity contribution in [3.63, 3.8) is 0 Å². The van der Waals surface area contributed by atoms with Crippen molar-refractivity contribution in [3.05, 3.63) is 64.3 Å². The summed E-state index contributed by atoms with van der Waals surface area (Å²) in [7, 11) is -4.22. The van der Waals surface area contributed by atoms with Gasteiger partial charge in [-0.1, -0.05) is 42.0 Å². The number of ether oxygens (including phenoxy) is 2. The minimum absolute atomic E-state index is 0.0169. The summed E-state index contributed by atoms with van der Waals surface area (Å²) in [5, 5.41) is 23.1. The summed E-state index contributed by atoms with van der Waals surface area (Å²) < 4.78 is 69.3. The molecule has 0 spiro atoms. The Kier molecular flexibility index (Phi) is 9.34. The predicted molar refractivity (Wildman–Crippen MR) is 147 cm³/mol. The number of rotatable bonds is 11. The van der Waals surface area contributed by atoms with E-state index in [0.29, 0.717) is 12.1 Å². The third-order valence-electron chi connectivity index (χ3n) is 6.30. The van der Waals surface area contributed by atoms with Crippen LogP contribution in [0.25, 0.3) is 12.2 Å². The molecule has 40 heavy (non-hydrogen) atoms. The van der Waals surface area contributed by atoms with Crippen LogP contribution in [-0.4, -0.2) is 54.0 Å². The van der Waals surface area contributed by atoms with E-state index >= 15 is 0 Å². The van der Waals surface area contributed by atoms with E-state index in [1.807, 2.05) is 6.92 Å². The maximum Gasteiger partial charge on any atom is 0.271 e. The molecule has 2 aromatic carbocycles. The fourth-order valence-electron chi connectivity index (χ4n) is 4.32. The Morgan fingerprint density at radius 1 is 1.23 bits per heavy atom. The summed E-state index contributed by atoms with van der Waals surface area (Å²) in [5.74, 6) is 0.227. The molecule has 1 atom stereocenters. The summed E-state index contributed by atoms with van der Waals surface area (Å²) in [6.07, 6.45) is -0.386. The highest BCUT2D eigenvalue weighted by molar-refractivity contribution is 7.93. The van der Waals surface area contributed by atoms with Crippen molar-refractivity contribution in [2.24, 2.45) is 0 Å². The standard InChI is InChI=1S/C27H30ClF2N3O6S/c1-3-32-16-24(27(31-32)38-4-2)40(36,37)33-15-18(10-13-25(34)35)39-23-12-9-17(14-22(23)33)8-11-19-20(26(29)30)6-5-7-21(19)28/h5-9,11-12,14,16,18,25-26,34-35H,3-4,10,13,15H2,1-2H3. The Labute approximate surface area is 236 Å². The number of alkyl halides is 2. The molecule has 216 valence electrons. The highest BCUT2D eigenvalue weighted by Gasteiger charge is 2.37. The minimum atomic E-state index is -4.22. The van der Waals surface area contributed by atoms with Crippen LogP contribution in [0.15, 0.2) is 47.5 Å². The lowest BCUT2D eigenvalue weighted by Crippen LogP contribution is -2.43. The molecule has 0 bridgehead atoms. The van der Waals surface area contributed by atoms with Crippen molar-refractivity contribution < 1.29 is 36.9 Å². The predicted octanol–water partition coefficient (Wildman–Crippen LogP) is 5.11. The second-order valence-corrected chi connectivity index (χ2v) is 11.3. The van der Waals surface area contributed by atoms with Crippen molar-refractivity contribution in [2.75, 3.05) is 17.5 Å². The number of nitrogens with zero attached hydrogens (tertiary/aromatic N) is 3. The second-order valence-electron chi connectivity index (χ2n) is 9.03. The van der Waals surface area contributed by atoms with E-state index in [2.05, 4.69) is 5.10 Å². The summed E-state index contributed by atoms with van der Waals surface area (Å²) in [4.78, 5) is -0.122. The van der Waals surface area contributed by atoms with Gasteiger partial charge in [-0.3, -0.25) is 8.99 Å². The molecule has 2 N–H and O–H groups in total. The van der Waals surface area contributed by atoms with Gasteiger partial charge in [0.05, 0.1) is 18.8 Å². The number of halogens is 3. The van der Waals surface area contributed by atoms with E-state index in [-0.39, 0.29) is 64.4 Å². The molecule has 0 amide bonds. The Morgan fingerprint density at radius 3 is 2.67 bits per heavy atom. The van der Waals surface area contributed by atoms with Crippen molar-refractivity contribution in [1.82, 2.24) is 9.78 Å². The Hall–Kier alpha value is -3.19. The Balaban J connectivity index is 1.77. The number of anilines is 1. The van der Waals surface area contributed by atoms with Crippen molar-refractivity contribution in [1.29, 1.82) is 0 Å². The average Bonchev–Trinajstić information content (AvgIpc) is 3.34. The van der Waals surface area contributed by atoms with Crippen LogP contribution in [0.4, 0.5) is 14.5 Å². The smallest absolute Gasteiger partial charge is 0.271 e. The van der Waals surface area contributed by atoms with Crippen molar-refractivity contribution >= 4 is 39.5 Å². The molecule has 0 saturated carbocycles. The summed E-state index contributed by atoms with van der Waals surface area (Å²) in [6.45, 7) is 4.05. The van der Waals surface area contributed by atoms with Crippen molar-refractivity contribution in [2.45, 2.75) is 56.9 Å². The van der Waals surface area contributed by atoms with Gasteiger partial charge in [-0.05, 0) is 44.0 Å². The van der Waals surface area contributed by atoms with Gasteiger partial charge in [0.2, 0.25) is 0 Å². The highest BCUT2D eigenvalue weighted by Crippen LogP contribution is 2.40. The van der Waals surface area contributed by atoms with Gasteiger partial charge in [0, 0.05) is 35.3 Å². The molecule has 3 aromatic rings. The van der Waals surface area contributed by atoms with Crippen molar-refractivity contribution in [3.8, 4) is 11.6 Å². The first-order chi connectivity index (χ1) is 19.0. The fourth-order valence-corrected chi connectivity index (χ4v) is 6.15. The molecular weight excluding hydrogens is 568 g/mol. The van der Waals surface area contributed by atoms with Crippen LogP contribution in [0.3, 0.4) is 0 Å². The number of aryl methyl sites for hydroxylation is 1. The maximum atomic E-state index is 14.0. The minimum Gasteiger partial charge on any atom is -0.486 e. The van der Waals surface area contributed by atoms with E-state index in [1.165, 1.54) is 39.5 Å². The molecule has 0 aliphatic carbocycles. The molecule has 2 heterocycles. The summed E-state index contributed by atoms with van der Waals surface area (Å²) in [5.41, 5.74) is 0.678. The number of hydrogen-bond acceptors (Lipinski definition) is 7. The largest absolute Gasteiger partial charge is 0.486 e. The van der Waals surface area contributed by atoms with Crippen LogP contribution >= 0.6 is 11.6 Å². The van der Waals surface area contributed by atoms with Crippen LogP contribution in [0.5, 0.6) is 11.6 Å². The normalized spacial score (nSPS) is 15.6. The van der Waals surface area contributed by atoms with Gasteiger partial charge in [-0.2, -0.15) is 0 Å². The quantitative estimate of drug-likeness (QED) is 0.233. The van der Waals surface area contributed by atoms with E-state index in [1.54, 1.807) is 31.2 Å². The molecule has 1 aliphatic rings. The topological polar surface area (TPSA) is 114 Å². The molecule has 0 fully saturated rings. The first kappa shape index (κ1) is 29.8. The number of aliphatic hydroxyl groups excluding tert-OH is 1. The maximum absolute atomic E-state index is 14.0. The zero-order valence-electron chi connectivity index (χ0n) is 21.9. The number of aromatic nitrogens is 2. The molecule has 0 radical (unpaired) electrons. The molecular formula is C27H30ClF2N3O6S. The van der Waals surface area contributed by atoms with Gasteiger partial charge in [-0.25, -0.2) is 17.2 Å². The highest BCUT2D eigenvalue weighted by atomic mass is 35.5. The van der Waals surface area contributed by atoms with E-state index in [9.17, 15) is 27.4 Å². The summed E-state index contributed by atoms with van der Waals surface area (Å²) in [6, 6.07) is 9.06. The molecule has 4 rings (SSSR count). The van der Waals surface area contributed by atoms with Gasteiger partial charge in [-0.15, -0.1) is 5.10 Å². The monoisotopic (exact) mass is 597 g/mol. The van der Waals surface area contributed by atoms with Gasteiger partial charge in [0.25, 0.3) is 22.3 Å². The van der Waals surface area contributed by atoms with Gasteiger partial charge >= 0.3 is 0 Å². The molecule has 0 saturated heterocycles. The van der Waals surface area contributed by atoms with Crippen LogP contribution in [0.1, 0.15) is 49.8 Å². The molecule has 13 heteroatoms. The summed E-state index contributed by atoms with van der Waals surface area (Å²) >= 11 is 6.18. The second kappa shape index (κ2) is 12.5. The Bertz CT molecular complexity index is 1480. The number of sulfonamides is 1. The lowest BCUT2D eigenvalue weighted by molar-refractivity contribution is -0.0515. The van der Waals surface area contributed by atoms with Crippen LogP contribution in [0.2, 0.25) is 5.02 Å². The third kappa shape index (κ3) is 6.41. The van der Waals surface area contributed by atoms with E-state index in [0.717, 1.165) is 0 Å². The third-order valence-corrected chi connectivity index (χ3v) is 8.39. The van der Waals surface area contributed by atoms with E-state index < -0.39 is 28.8 Å². The molecule has 1 aliphatic heterocycles. The average molecular weight is 598 g/mol. The lowest BCUT2D eigenvalue weighted by atomic mass is 10.0. The van der Waals surface area contributed by atoms with Gasteiger partial charge < -0.3 is 19.7 Å². The number of benzene rings is 2. The molecule has 9 nitrogen and oxygen atoms in total. The van der Waals surface area contributed by atoms with Crippen LogP contribution < -0.4 is 13.8 Å². The molecule has 1 aromatic heterocycles. The SMILES string of the molecule is CCOc1nn(CC)cc1S(=O)(=O)N1CC(CCC(O)O)Oc2ccc(C=Cc3c(Cl)cccc3C(F)F)cc21. The van der Waals surface area contributed by atoms with Gasteiger partial charge in [0.15, 0.2) is 11.2 Å². The van der Waals surface area contributed by atoms with Gasteiger partial charge in [0.1, 0.15) is 11.9 Å². The first-order valence-corrected chi connectivity index (χ1v) is 14.5. The zero-order chi connectivity index (χ0) is 29.0. The lowest BCUT2D eigenvalue weighted by Gasteiger charge is -2.35. The van der Waals surface area contributed by atoms with Crippen LogP contribution in [-0.2, 0) is 16.6 Å². The van der Waals surface area contributed by atoms with E-state index in [4.69, 9.17) is 21.1 Å². The Morgan fingerprint density at radius 2 is 2.00 bits per heavy atom. The number of fused-ring (bicyclic) bond motifs is 1. The van der Waals surface area contributed by atoms with Crippen LogP contribution in [0, 0.1) is 0 Å². The fraction of sp³-hybridized carbons (Fsp3) is 0.370. The number of hydrogen-bond donors (Lipinski definition) is 2. The first-order valence-electron chi connectivity index (χ1n) is 12.7.